The second-order valence-electron chi connectivity index (χ2n) is 7.85. The first-order valence-electron chi connectivity index (χ1n) is 6.94. The zero-order valence-corrected chi connectivity index (χ0v) is 13.0. The first kappa shape index (κ1) is 15.3. The molecule has 0 aliphatic heterocycles. The van der Waals surface area contributed by atoms with E-state index in [-0.39, 0.29) is 6.09 Å². The molecule has 0 N–H and O–H groups in total. The predicted molar refractivity (Wildman–Crippen MR) is 74.6 cm³/mol. The summed E-state index contributed by atoms with van der Waals surface area (Å²) in [6.07, 6.45) is 3.28. The summed E-state index contributed by atoms with van der Waals surface area (Å²) >= 11 is 0. The van der Waals surface area contributed by atoms with E-state index in [0.717, 1.165) is 18.8 Å². The van der Waals surface area contributed by atoms with E-state index in [0.29, 0.717) is 11.5 Å². The van der Waals surface area contributed by atoms with Gasteiger partial charge in [-0.1, -0.05) is 20.8 Å². The highest BCUT2D eigenvalue weighted by Gasteiger charge is 2.37. The molecule has 1 saturated carbocycles. The third-order valence-corrected chi connectivity index (χ3v) is 3.34. The number of carbonyl (C=O) groups is 1. The Hall–Kier alpha value is -0.730. The van der Waals surface area contributed by atoms with E-state index >= 15 is 0 Å². The molecule has 1 rings (SSSR count). The van der Waals surface area contributed by atoms with Crippen molar-refractivity contribution in [3.05, 3.63) is 0 Å². The van der Waals surface area contributed by atoms with Crippen molar-refractivity contribution in [2.24, 2.45) is 11.3 Å². The molecule has 0 spiro atoms. The Morgan fingerprint density at radius 1 is 1.17 bits per heavy atom. The number of nitrogens with zero attached hydrogens (tertiary/aromatic N) is 1. The van der Waals surface area contributed by atoms with E-state index in [4.69, 9.17) is 4.74 Å². The van der Waals surface area contributed by atoms with Crippen molar-refractivity contribution in [2.75, 3.05) is 7.05 Å². The van der Waals surface area contributed by atoms with Crippen LogP contribution in [0.1, 0.15) is 60.8 Å². The SMILES string of the molecule is CN(C(=O)OC(C)(C)C)C1CC(CC(C)(C)C)C1. The van der Waals surface area contributed by atoms with Gasteiger partial charge in [-0.3, -0.25) is 0 Å². The summed E-state index contributed by atoms with van der Waals surface area (Å²) in [5, 5.41) is 0. The average molecular weight is 255 g/mol. The summed E-state index contributed by atoms with van der Waals surface area (Å²) in [4.78, 5) is 13.7. The van der Waals surface area contributed by atoms with Crippen LogP contribution in [0.15, 0.2) is 0 Å². The Kier molecular flexibility index (Phi) is 4.34. The molecule has 1 aliphatic carbocycles. The molecule has 0 heterocycles. The van der Waals surface area contributed by atoms with Crippen LogP contribution >= 0.6 is 0 Å². The highest BCUT2D eigenvalue weighted by molar-refractivity contribution is 5.68. The molecule has 0 radical (unpaired) electrons. The van der Waals surface area contributed by atoms with Crippen molar-refractivity contribution >= 4 is 6.09 Å². The maximum absolute atomic E-state index is 11.9. The number of carbonyl (C=O) groups excluding carboxylic acids is 1. The van der Waals surface area contributed by atoms with Crippen LogP contribution in [-0.2, 0) is 4.74 Å². The molecule has 0 aromatic heterocycles. The van der Waals surface area contributed by atoms with Gasteiger partial charge in [-0.15, -0.1) is 0 Å². The minimum Gasteiger partial charge on any atom is -0.444 e. The molecule has 1 aliphatic rings. The Bertz CT molecular complexity index is 293. The van der Waals surface area contributed by atoms with Crippen LogP contribution in [0.25, 0.3) is 0 Å². The third-order valence-electron chi connectivity index (χ3n) is 3.34. The fraction of sp³-hybridized carbons (Fsp3) is 0.933. The maximum Gasteiger partial charge on any atom is 0.410 e. The van der Waals surface area contributed by atoms with E-state index in [1.165, 1.54) is 6.42 Å². The third kappa shape index (κ3) is 4.87. The first-order chi connectivity index (χ1) is 7.98. The van der Waals surface area contributed by atoms with Gasteiger partial charge in [0.1, 0.15) is 5.60 Å². The molecule has 0 saturated heterocycles. The normalized spacial score (nSPS) is 24.4. The van der Waals surface area contributed by atoms with Crippen molar-refractivity contribution < 1.29 is 9.53 Å². The molecule has 0 aromatic carbocycles. The van der Waals surface area contributed by atoms with Crippen LogP contribution in [0.4, 0.5) is 4.79 Å². The topological polar surface area (TPSA) is 29.5 Å². The second-order valence-corrected chi connectivity index (χ2v) is 7.85. The van der Waals surface area contributed by atoms with Crippen LogP contribution < -0.4 is 0 Å². The number of hydrogen-bond acceptors (Lipinski definition) is 2. The highest BCUT2D eigenvalue weighted by Crippen LogP contribution is 2.39. The minimum atomic E-state index is -0.403. The van der Waals surface area contributed by atoms with Crippen molar-refractivity contribution in [1.29, 1.82) is 0 Å². The predicted octanol–water partition coefficient (Wildman–Crippen LogP) is 4.07. The number of amides is 1. The quantitative estimate of drug-likeness (QED) is 0.744. The molecular weight excluding hydrogens is 226 g/mol. The summed E-state index contributed by atoms with van der Waals surface area (Å²) in [7, 11) is 1.85. The zero-order valence-electron chi connectivity index (χ0n) is 13.0. The largest absolute Gasteiger partial charge is 0.444 e. The van der Waals surface area contributed by atoms with Crippen LogP contribution in [-0.4, -0.2) is 29.7 Å². The van der Waals surface area contributed by atoms with Gasteiger partial charge in [0.05, 0.1) is 0 Å². The molecule has 0 unspecified atom stereocenters. The summed E-state index contributed by atoms with van der Waals surface area (Å²) in [6, 6.07) is 0.368. The van der Waals surface area contributed by atoms with Gasteiger partial charge in [-0.2, -0.15) is 0 Å². The Balaban J connectivity index is 2.35. The molecule has 3 heteroatoms. The zero-order chi connectivity index (χ0) is 14.1. The Labute approximate surface area is 112 Å². The second kappa shape index (κ2) is 5.10. The molecule has 1 fully saturated rings. The molecule has 3 nitrogen and oxygen atoms in total. The lowest BCUT2D eigenvalue weighted by Crippen LogP contribution is -2.47. The van der Waals surface area contributed by atoms with Gasteiger partial charge < -0.3 is 9.64 Å². The molecule has 0 aromatic rings. The molecule has 18 heavy (non-hydrogen) atoms. The lowest BCUT2D eigenvalue weighted by molar-refractivity contribution is 0.00287. The standard InChI is InChI=1S/C15H29NO2/c1-14(2,3)10-11-8-12(9-11)16(7)13(17)18-15(4,5)6/h11-12H,8-10H2,1-7H3. The maximum atomic E-state index is 11.9. The number of hydrogen-bond donors (Lipinski definition) is 0. The monoisotopic (exact) mass is 255 g/mol. The summed E-state index contributed by atoms with van der Waals surface area (Å²) in [5.41, 5.74) is -0.0139. The number of rotatable bonds is 2. The Morgan fingerprint density at radius 3 is 2.06 bits per heavy atom. The van der Waals surface area contributed by atoms with E-state index in [1.54, 1.807) is 4.90 Å². The summed E-state index contributed by atoms with van der Waals surface area (Å²) in [5.74, 6) is 0.764. The average Bonchev–Trinajstić information content (AvgIpc) is 2.04. The minimum absolute atomic E-state index is 0.193. The van der Waals surface area contributed by atoms with Crippen LogP contribution in [0.3, 0.4) is 0 Å². The van der Waals surface area contributed by atoms with Crippen LogP contribution in [0.5, 0.6) is 0 Å². The molecular formula is C15H29NO2. The van der Waals surface area contributed by atoms with Gasteiger partial charge in [0.15, 0.2) is 0 Å². The molecule has 1 amide bonds. The van der Waals surface area contributed by atoms with E-state index < -0.39 is 5.60 Å². The first-order valence-corrected chi connectivity index (χ1v) is 6.94. The summed E-state index contributed by atoms with van der Waals surface area (Å²) in [6.45, 7) is 12.5. The van der Waals surface area contributed by atoms with Crippen LogP contribution in [0, 0.1) is 11.3 Å². The van der Waals surface area contributed by atoms with E-state index in [2.05, 4.69) is 20.8 Å². The molecule has 106 valence electrons. The van der Waals surface area contributed by atoms with Gasteiger partial charge in [0.2, 0.25) is 0 Å². The fourth-order valence-electron chi connectivity index (χ4n) is 2.53. The number of ether oxygens (including phenoxy) is 1. The van der Waals surface area contributed by atoms with Gasteiger partial charge in [-0.05, 0) is 51.4 Å². The Morgan fingerprint density at radius 2 is 1.67 bits per heavy atom. The van der Waals surface area contributed by atoms with Crippen molar-refractivity contribution in [2.45, 2.75) is 72.4 Å². The highest BCUT2D eigenvalue weighted by atomic mass is 16.6. The van der Waals surface area contributed by atoms with Gasteiger partial charge in [0, 0.05) is 13.1 Å². The summed E-state index contributed by atoms with van der Waals surface area (Å²) < 4.78 is 5.38. The van der Waals surface area contributed by atoms with E-state index in [1.807, 2.05) is 27.8 Å². The van der Waals surface area contributed by atoms with E-state index in [9.17, 15) is 4.79 Å². The lowest BCUT2D eigenvalue weighted by atomic mass is 9.71. The molecule has 0 atom stereocenters. The van der Waals surface area contributed by atoms with Crippen molar-refractivity contribution in [3.63, 3.8) is 0 Å². The van der Waals surface area contributed by atoms with Gasteiger partial charge >= 0.3 is 6.09 Å². The lowest BCUT2D eigenvalue weighted by Gasteiger charge is -2.43. The fourth-order valence-corrected chi connectivity index (χ4v) is 2.53. The van der Waals surface area contributed by atoms with Gasteiger partial charge in [0.25, 0.3) is 0 Å². The van der Waals surface area contributed by atoms with Crippen molar-refractivity contribution in [1.82, 2.24) is 4.90 Å². The van der Waals surface area contributed by atoms with Crippen LogP contribution in [0.2, 0.25) is 0 Å². The van der Waals surface area contributed by atoms with Gasteiger partial charge in [-0.25, -0.2) is 4.79 Å². The smallest absolute Gasteiger partial charge is 0.410 e. The molecule has 0 bridgehead atoms. The van der Waals surface area contributed by atoms with Crippen molar-refractivity contribution in [3.8, 4) is 0 Å².